The van der Waals surface area contributed by atoms with E-state index < -0.39 is 9.84 Å². The molecule has 96 valence electrons. The van der Waals surface area contributed by atoms with E-state index in [1.807, 2.05) is 0 Å². The number of nitrogens with one attached hydrogen (secondary N) is 1. The van der Waals surface area contributed by atoms with Crippen molar-refractivity contribution >= 4 is 22.1 Å². The number of rotatable bonds is 3. The van der Waals surface area contributed by atoms with Crippen LogP contribution in [0.3, 0.4) is 0 Å². The molecule has 1 fully saturated rings. The molecule has 1 N–H and O–H groups in total. The Kier molecular flexibility index (Phi) is 3.33. The second kappa shape index (κ2) is 4.77. The molecular weight excluding hydrogens is 254 g/mol. The van der Waals surface area contributed by atoms with E-state index in [0.717, 1.165) is 11.8 Å². The minimum atomic E-state index is -3.18. The predicted molar refractivity (Wildman–Crippen MR) is 67.3 cm³/mol. The largest absolute Gasteiger partial charge is 0.337 e. The number of hydrogen-bond acceptors (Lipinski definition) is 4. The summed E-state index contributed by atoms with van der Waals surface area (Å²) >= 11 is 0. The molecule has 0 atom stereocenters. The fourth-order valence-corrected chi connectivity index (χ4v) is 2.14. The Bertz CT molecular complexity index is 578. The number of carbonyl (C=O) groups excluding carboxylic acids is 1. The predicted octanol–water partition coefficient (Wildman–Crippen LogP) is 0.449. The van der Waals surface area contributed by atoms with Crippen LogP contribution < -0.4 is 5.32 Å². The Morgan fingerprint density at radius 3 is 2.50 bits per heavy atom. The van der Waals surface area contributed by atoms with Crippen molar-refractivity contribution in [3.63, 3.8) is 0 Å². The van der Waals surface area contributed by atoms with Crippen molar-refractivity contribution < 1.29 is 13.2 Å². The summed E-state index contributed by atoms with van der Waals surface area (Å²) in [5, 5.41) is 7.97. The maximum atomic E-state index is 11.3. The van der Waals surface area contributed by atoms with E-state index >= 15 is 0 Å². The van der Waals surface area contributed by atoms with E-state index in [0.29, 0.717) is 13.1 Å². The quantitative estimate of drug-likeness (QED) is 0.807. The zero-order valence-electron chi connectivity index (χ0n) is 9.83. The highest BCUT2D eigenvalue weighted by atomic mass is 32.2. The topological polar surface area (TPSA) is 78.8 Å². The lowest BCUT2D eigenvalue weighted by Gasteiger charge is -2.05. The van der Waals surface area contributed by atoms with Crippen molar-refractivity contribution in [2.24, 2.45) is 5.10 Å². The van der Waals surface area contributed by atoms with Crippen LogP contribution in [0.4, 0.5) is 4.79 Å². The van der Waals surface area contributed by atoms with Crippen LogP contribution in [0.5, 0.6) is 0 Å². The van der Waals surface area contributed by atoms with E-state index in [4.69, 9.17) is 0 Å². The molecule has 0 aromatic heterocycles. The first-order chi connectivity index (χ1) is 8.47. The van der Waals surface area contributed by atoms with Gasteiger partial charge in [0.1, 0.15) is 0 Å². The lowest BCUT2D eigenvalue weighted by atomic mass is 10.2. The standard InChI is InChI=1S/C11H13N3O3S/c1-18(16,17)10-4-2-9(3-5-10)8-13-14-7-6-12-11(14)15/h2-5,8H,6-7H2,1H3,(H,12,15). The molecule has 0 unspecified atom stereocenters. The normalized spacial score (nSPS) is 16.3. The number of carbonyl (C=O) groups is 1. The van der Waals surface area contributed by atoms with Crippen molar-refractivity contribution in [2.45, 2.75) is 4.90 Å². The number of hydrazone groups is 1. The molecule has 0 spiro atoms. The highest BCUT2D eigenvalue weighted by molar-refractivity contribution is 7.90. The van der Waals surface area contributed by atoms with Crippen LogP contribution in [0, 0.1) is 0 Å². The fraction of sp³-hybridized carbons (Fsp3) is 0.273. The molecule has 1 saturated heterocycles. The Morgan fingerprint density at radius 1 is 1.33 bits per heavy atom. The lowest BCUT2D eigenvalue weighted by Crippen LogP contribution is -2.23. The van der Waals surface area contributed by atoms with Gasteiger partial charge in [-0.1, -0.05) is 12.1 Å². The molecule has 2 amide bonds. The van der Waals surface area contributed by atoms with Crippen molar-refractivity contribution in [2.75, 3.05) is 19.3 Å². The third-order valence-electron chi connectivity index (χ3n) is 2.49. The number of nitrogens with zero attached hydrogens (tertiary/aromatic N) is 2. The van der Waals surface area contributed by atoms with E-state index in [2.05, 4.69) is 10.4 Å². The van der Waals surface area contributed by atoms with Crippen LogP contribution in [0.2, 0.25) is 0 Å². The molecule has 6 nitrogen and oxygen atoms in total. The number of hydrogen-bond donors (Lipinski definition) is 1. The van der Waals surface area contributed by atoms with Gasteiger partial charge in [0.15, 0.2) is 9.84 Å². The Hall–Kier alpha value is -1.89. The Balaban J connectivity index is 2.11. The zero-order chi connectivity index (χ0) is 13.2. The van der Waals surface area contributed by atoms with Gasteiger partial charge in [-0.2, -0.15) is 5.10 Å². The van der Waals surface area contributed by atoms with Crippen LogP contribution >= 0.6 is 0 Å². The van der Waals surface area contributed by atoms with E-state index in [9.17, 15) is 13.2 Å². The summed E-state index contributed by atoms with van der Waals surface area (Å²) in [5.41, 5.74) is 0.738. The van der Waals surface area contributed by atoms with Gasteiger partial charge in [-0.25, -0.2) is 18.2 Å². The van der Waals surface area contributed by atoms with E-state index in [-0.39, 0.29) is 10.9 Å². The first-order valence-corrected chi connectivity index (χ1v) is 7.25. The molecule has 1 aliphatic heterocycles. The van der Waals surface area contributed by atoms with Crippen molar-refractivity contribution in [1.29, 1.82) is 0 Å². The molecule has 0 radical (unpaired) electrons. The highest BCUT2D eigenvalue weighted by Gasteiger charge is 2.17. The first-order valence-electron chi connectivity index (χ1n) is 5.36. The number of amides is 2. The van der Waals surface area contributed by atoms with Gasteiger partial charge in [-0.05, 0) is 17.7 Å². The van der Waals surface area contributed by atoms with E-state index in [1.165, 1.54) is 23.4 Å². The van der Waals surface area contributed by atoms with Crippen LogP contribution in [0.1, 0.15) is 5.56 Å². The summed E-state index contributed by atoms with van der Waals surface area (Å²) < 4.78 is 22.5. The van der Waals surface area contributed by atoms with Gasteiger partial charge in [0, 0.05) is 12.8 Å². The van der Waals surface area contributed by atoms with Gasteiger partial charge in [-0.3, -0.25) is 0 Å². The third kappa shape index (κ3) is 2.86. The average Bonchev–Trinajstić information content (AvgIpc) is 2.72. The summed E-state index contributed by atoms with van der Waals surface area (Å²) in [4.78, 5) is 11.5. The number of urea groups is 1. The van der Waals surface area contributed by atoms with Crippen LogP contribution in [0.15, 0.2) is 34.3 Å². The molecule has 0 aliphatic carbocycles. The molecule has 1 heterocycles. The molecule has 1 aromatic rings. The van der Waals surface area contributed by atoms with Crippen molar-refractivity contribution in [3.8, 4) is 0 Å². The monoisotopic (exact) mass is 267 g/mol. The van der Waals surface area contributed by atoms with Gasteiger partial charge in [0.25, 0.3) is 0 Å². The maximum Gasteiger partial charge on any atom is 0.337 e. The first kappa shape index (κ1) is 12.6. The van der Waals surface area contributed by atoms with E-state index in [1.54, 1.807) is 12.1 Å². The van der Waals surface area contributed by atoms with Gasteiger partial charge >= 0.3 is 6.03 Å². The minimum absolute atomic E-state index is 0.223. The van der Waals surface area contributed by atoms with Gasteiger partial charge in [0.2, 0.25) is 0 Å². The number of benzene rings is 1. The van der Waals surface area contributed by atoms with Crippen LogP contribution in [-0.4, -0.2) is 45.0 Å². The Labute approximate surface area is 105 Å². The van der Waals surface area contributed by atoms with Crippen LogP contribution in [0.25, 0.3) is 0 Å². The molecule has 18 heavy (non-hydrogen) atoms. The maximum absolute atomic E-state index is 11.3. The SMILES string of the molecule is CS(=O)(=O)c1ccc(C=NN2CCNC2=O)cc1. The van der Waals surface area contributed by atoms with Gasteiger partial charge < -0.3 is 5.32 Å². The second-order valence-corrected chi connectivity index (χ2v) is 5.96. The molecule has 2 rings (SSSR count). The smallest absolute Gasteiger partial charge is 0.335 e. The molecular formula is C11H13N3O3S. The summed E-state index contributed by atoms with van der Waals surface area (Å²) in [5.74, 6) is 0. The zero-order valence-corrected chi connectivity index (χ0v) is 10.6. The van der Waals surface area contributed by atoms with Crippen LogP contribution in [-0.2, 0) is 9.84 Å². The average molecular weight is 267 g/mol. The van der Waals surface area contributed by atoms with Crippen molar-refractivity contribution in [1.82, 2.24) is 10.3 Å². The fourth-order valence-electron chi connectivity index (χ4n) is 1.51. The summed E-state index contributed by atoms with van der Waals surface area (Å²) in [6.45, 7) is 1.12. The number of sulfone groups is 1. The molecule has 1 aromatic carbocycles. The lowest BCUT2D eigenvalue weighted by molar-refractivity contribution is 0.219. The summed E-state index contributed by atoms with van der Waals surface area (Å²) in [6, 6.07) is 6.10. The molecule has 7 heteroatoms. The molecule has 0 saturated carbocycles. The van der Waals surface area contributed by atoms with Gasteiger partial charge in [-0.15, -0.1) is 0 Å². The molecule has 0 bridgehead atoms. The Morgan fingerprint density at radius 2 is 2.00 bits per heavy atom. The third-order valence-corrected chi connectivity index (χ3v) is 3.62. The second-order valence-electron chi connectivity index (χ2n) is 3.94. The van der Waals surface area contributed by atoms with Gasteiger partial charge in [0.05, 0.1) is 17.7 Å². The minimum Gasteiger partial charge on any atom is -0.335 e. The summed E-state index contributed by atoms with van der Waals surface area (Å²) in [7, 11) is -3.18. The molecule has 1 aliphatic rings. The summed E-state index contributed by atoms with van der Waals surface area (Å²) in [6.07, 6.45) is 2.68. The highest BCUT2D eigenvalue weighted by Crippen LogP contribution is 2.09. The van der Waals surface area contributed by atoms with Crippen molar-refractivity contribution in [3.05, 3.63) is 29.8 Å².